The Morgan fingerprint density at radius 1 is 0.849 bits per heavy atom. The summed E-state index contributed by atoms with van der Waals surface area (Å²) in [6.07, 6.45) is 27.8. The van der Waals surface area contributed by atoms with Gasteiger partial charge in [0.15, 0.2) is 5.96 Å². The van der Waals surface area contributed by atoms with E-state index in [-0.39, 0.29) is 56.3 Å². The molecule has 0 saturated heterocycles. The van der Waals surface area contributed by atoms with Gasteiger partial charge >= 0.3 is 12.1 Å². The van der Waals surface area contributed by atoms with Crippen molar-refractivity contribution in [3.63, 3.8) is 0 Å². The first kappa shape index (κ1) is 50.3. The van der Waals surface area contributed by atoms with Gasteiger partial charge in [0.2, 0.25) is 17.8 Å². The van der Waals surface area contributed by atoms with Gasteiger partial charge in [0.05, 0.1) is 18.5 Å². The summed E-state index contributed by atoms with van der Waals surface area (Å²) in [4.78, 5) is 51.2. The topological polar surface area (TPSA) is 243 Å². The largest absolute Gasteiger partial charge is 0.505 e. The molecule has 0 bridgehead atoms. The fraction of sp³-hybridized carbons (Fsp3) is 0.514. The highest BCUT2D eigenvalue weighted by Crippen LogP contribution is 2.21. The zero-order valence-corrected chi connectivity index (χ0v) is 32.6. The van der Waals surface area contributed by atoms with Crippen LogP contribution < -0.4 is 22.1 Å². The summed E-state index contributed by atoms with van der Waals surface area (Å²) < 4.78 is 9.50. The fourth-order valence-electron chi connectivity index (χ4n) is 3.46. The van der Waals surface area contributed by atoms with Gasteiger partial charge in [-0.15, -0.1) is 0 Å². The predicted octanol–water partition coefficient (Wildman–Crippen LogP) is 4.73. The normalized spacial score (nSPS) is 12.3. The summed E-state index contributed by atoms with van der Waals surface area (Å²) in [6, 6.07) is 0. The minimum atomic E-state index is -1.51. The first-order valence-corrected chi connectivity index (χ1v) is 18.2. The molecule has 0 aliphatic rings. The lowest BCUT2D eigenvalue weighted by Crippen LogP contribution is -2.46. The first-order chi connectivity index (χ1) is 25.1. The highest BCUT2D eigenvalue weighted by atomic mass is 32.2. The van der Waals surface area contributed by atoms with E-state index in [9.17, 15) is 24.3 Å². The van der Waals surface area contributed by atoms with Crippen molar-refractivity contribution < 1.29 is 38.3 Å². The Labute approximate surface area is 319 Å². The molecule has 0 aromatic carbocycles. The van der Waals surface area contributed by atoms with Crippen molar-refractivity contribution in [2.75, 3.05) is 39.5 Å². The number of carboxylic acid groups (broad SMARTS) is 1. The third kappa shape index (κ3) is 34.0. The van der Waals surface area contributed by atoms with Crippen molar-refractivity contribution in [3.8, 4) is 0 Å². The van der Waals surface area contributed by atoms with Crippen LogP contribution in [0.1, 0.15) is 72.1 Å². The Bertz CT molecular complexity index is 1290. The van der Waals surface area contributed by atoms with E-state index < -0.39 is 23.6 Å². The number of hydrogen-bond donors (Lipinski definition) is 7. The number of allylic oxidation sites excluding steroid dienone is 11. The van der Waals surface area contributed by atoms with Crippen molar-refractivity contribution in [1.82, 2.24) is 15.5 Å². The van der Waals surface area contributed by atoms with E-state index in [1.54, 1.807) is 20.2 Å². The van der Waals surface area contributed by atoms with Crippen LogP contribution in [0.15, 0.2) is 77.9 Å². The zero-order chi connectivity index (χ0) is 40.3. The monoisotopic (exact) mass is 763 g/mol. The molecule has 0 aromatic heterocycles. The van der Waals surface area contributed by atoms with E-state index in [0.29, 0.717) is 5.75 Å². The molecule has 0 heterocycles. The van der Waals surface area contributed by atoms with Crippen LogP contribution >= 0.6 is 12.0 Å². The highest BCUT2D eigenvalue weighted by Gasteiger charge is 2.35. The second-order valence-electron chi connectivity index (χ2n) is 12.0. The number of amides is 2. The lowest BCUT2D eigenvalue weighted by atomic mass is 9.87. The van der Waals surface area contributed by atoms with Crippen LogP contribution in [0.2, 0.25) is 0 Å². The molecular weight excluding hydrogens is 703 g/mol. The third-order valence-electron chi connectivity index (χ3n) is 6.41. The SMILES string of the molecule is CC/C=C\C/C=C\C/C=C\C/C=C\C/C=C\C/C=C\CC(=O)OSCCNC(=O)CCNC(=O)[C@H](O)C(C)(C)COC(=O)O.CN(C)C(=N)N=C(N)N. The smallest absolute Gasteiger partial charge is 0.450 e. The maximum atomic E-state index is 12.1. The molecule has 2 amide bonds. The number of aliphatic imine (C=N–C) groups is 1. The molecule has 53 heavy (non-hydrogen) atoms. The number of carbonyl (C=O) groups is 4. The first-order valence-electron chi connectivity index (χ1n) is 17.3. The van der Waals surface area contributed by atoms with Crippen molar-refractivity contribution in [2.45, 2.75) is 78.2 Å². The van der Waals surface area contributed by atoms with Gasteiger partial charge in [0, 0.05) is 44.8 Å². The molecule has 15 nitrogen and oxygen atoms in total. The minimum Gasteiger partial charge on any atom is -0.450 e. The second kappa shape index (κ2) is 33.0. The van der Waals surface area contributed by atoms with Gasteiger partial charge in [-0.2, -0.15) is 4.99 Å². The minimum absolute atomic E-state index is 0.00825. The van der Waals surface area contributed by atoms with Crippen molar-refractivity contribution in [3.05, 3.63) is 72.9 Å². The molecule has 0 rings (SSSR count). The van der Waals surface area contributed by atoms with Crippen LogP contribution in [0.5, 0.6) is 0 Å². The molecule has 0 aliphatic heterocycles. The lowest BCUT2D eigenvalue weighted by Gasteiger charge is -2.28. The Hall–Kier alpha value is -4.83. The number of carbonyl (C=O) groups excluding carboxylic acids is 3. The highest BCUT2D eigenvalue weighted by molar-refractivity contribution is 7.95. The van der Waals surface area contributed by atoms with Crippen molar-refractivity contribution in [1.29, 1.82) is 5.41 Å². The molecule has 298 valence electrons. The standard InChI is InChI=1S/C33H50N2O8S.C4H11N5/c1-4-5-6-7-8-9-10-11-12-13-14-15-16-17-18-19-20-21-22-29(37)43-44-26-25-34-28(36)23-24-35-31(39)30(38)33(2,3)27-42-32(40)41;1-9(2)4(7)8-3(5)6/h5-6,8-9,11-12,14-15,17-18,20-21,30,38H,4,7,10,13,16,19,22-27H2,1-3H3,(H,34,36)(H,35,39)(H,40,41);1-2H3,(H5,5,6,7,8)/b6-5-,9-8-,12-11-,15-14-,18-17-,21-20-;/t30-;/m0./s1. The molecule has 1 atom stereocenters. The van der Waals surface area contributed by atoms with Gasteiger partial charge in [-0.3, -0.25) is 19.8 Å². The maximum absolute atomic E-state index is 12.1. The van der Waals surface area contributed by atoms with Gasteiger partial charge in [-0.1, -0.05) is 93.7 Å². The van der Waals surface area contributed by atoms with Gasteiger partial charge in [0.1, 0.15) is 12.7 Å². The number of rotatable bonds is 24. The Morgan fingerprint density at radius 2 is 1.34 bits per heavy atom. The number of nitrogens with zero attached hydrogens (tertiary/aromatic N) is 2. The lowest BCUT2D eigenvalue weighted by molar-refractivity contribution is -0.137. The number of ether oxygens (including phenoxy) is 1. The van der Waals surface area contributed by atoms with Crippen LogP contribution in [-0.2, 0) is 23.3 Å². The van der Waals surface area contributed by atoms with Gasteiger partial charge < -0.3 is 46.1 Å². The molecule has 0 aliphatic carbocycles. The molecule has 0 saturated carbocycles. The molecule has 0 unspecified atom stereocenters. The van der Waals surface area contributed by atoms with Crippen LogP contribution in [0.3, 0.4) is 0 Å². The predicted molar refractivity (Wildman–Crippen MR) is 213 cm³/mol. The molecule has 0 radical (unpaired) electrons. The van der Waals surface area contributed by atoms with E-state index >= 15 is 0 Å². The molecule has 0 spiro atoms. The molecule has 0 fully saturated rings. The van der Waals surface area contributed by atoms with Gasteiger partial charge in [-0.05, 0) is 38.5 Å². The molecule has 0 aromatic rings. The van der Waals surface area contributed by atoms with Crippen molar-refractivity contribution >= 4 is 47.9 Å². The Kier molecular flexibility index (Phi) is 31.3. The number of hydrogen-bond acceptors (Lipinski definition) is 9. The van der Waals surface area contributed by atoms with E-state index in [2.05, 4.69) is 82.0 Å². The van der Waals surface area contributed by atoms with Crippen LogP contribution in [0, 0.1) is 10.8 Å². The number of guanidine groups is 2. The molecule has 16 heteroatoms. The zero-order valence-electron chi connectivity index (χ0n) is 31.8. The maximum Gasteiger partial charge on any atom is 0.505 e. The summed E-state index contributed by atoms with van der Waals surface area (Å²) in [5, 5.41) is 30.8. The summed E-state index contributed by atoms with van der Waals surface area (Å²) in [7, 11) is 3.38. The average Bonchev–Trinajstić information content (AvgIpc) is 3.09. The Balaban J connectivity index is 0. The van der Waals surface area contributed by atoms with E-state index in [0.717, 1.165) is 50.6 Å². The number of nitrogens with two attached hydrogens (primary N) is 2. The second-order valence-corrected chi connectivity index (χ2v) is 12.8. The van der Waals surface area contributed by atoms with Crippen LogP contribution in [0.25, 0.3) is 0 Å². The van der Waals surface area contributed by atoms with Gasteiger partial charge in [0.25, 0.3) is 0 Å². The third-order valence-corrected chi connectivity index (χ3v) is 7.08. The summed E-state index contributed by atoms with van der Waals surface area (Å²) in [6.45, 7) is 5.01. The Morgan fingerprint density at radius 3 is 1.77 bits per heavy atom. The molecular formula is C37H61N7O8S. The quantitative estimate of drug-likeness (QED) is 0.0176. The molecule has 9 N–H and O–H groups in total. The van der Waals surface area contributed by atoms with Crippen LogP contribution in [-0.4, -0.2) is 96.6 Å². The van der Waals surface area contributed by atoms with Gasteiger partial charge in [-0.25, -0.2) is 4.79 Å². The van der Waals surface area contributed by atoms with Crippen LogP contribution in [0.4, 0.5) is 4.79 Å². The summed E-state index contributed by atoms with van der Waals surface area (Å²) >= 11 is 0.949. The number of aliphatic hydroxyl groups excluding tert-OH is 1. The number of aliphatic hydroxyl groups is 1. The average molecular weight is 764 g/mol. The van der Waals surface area contributed by atoms with Crippen molar-refractivity contribution in [2.24, 2.45) is 21.9 Å². The van der Waals surface area contributed by atoms with E-state index in [1.807, 2.05) is 12.2 Å². The number of nitrogens with one attached hydrogen (secondary N) is 3. The summed E-state index contributed by atoms with van der Waals surface area (Å²) in [5.41, 5.74) is 8.85. The van der Waals surface area contributed by atoms with E-state index in [1.165, 1.54) is 18.7 Å². The fourth-order valence-corrected chi connectivity index (χ4v) is 3.93. The van der Waals surface area contributed by atoms with E-state index in [4.69, 9.17) is 26.2 Å². The summed E-state index contributed by atoms with van der Waals surface area (Å²) in [5.74, 6) is -1.10.